The smallest absolute Gasteiger partial charge is 0.350 e. The molecule has 3 aromatic heterocycles. The summed E-state index contributed by atoms with van der Waals surface area (Å²) in [5.74, 6) is -0.917. The van der Waals surface area contributed by atoms with Crippen LogP contribution in [-0.2, 0) is 9.53 Å². The number of carbonyl (C=O) groups excluding carboxylic acids is 2. The van der Waals surface area contributed by atoms with Gasteiger partial charge in [0, 0.05) is 11.5 Å². The van der Waals surface area contributed by atoms with E-state index in [1.54, 1.807) is 25.5 Å². The number of carbonyl (C=O) groups is 2. The van der Waals surface area contributed by atoms with Crippen LogP contribution in [0.5, 0.6) is 0 Å². The molecule has 0 spiro atoms. The monoisotopic (exact) mass is 479 g/mol. The van der Waals surface area contributed by atoms with Crippen molar-refractivity contribution < 1.29 is 14.3 Å². The average molecular weight is 480 g/mol. The molecule has 1 aromatic carbocycles. The van der Waals surface area contributed by atoms with E-state index in [1.807, 2.05) is 44.2 Å². The molecule has 1 N–H and O–H groups in total. The van der Waals surface area contributed by atoms with Crippen LogP contribution in [0.15, 0.2) is 41.2 Å². The van der Waals surface area contributed by atoms with Crippen LogP contribution in [0.1, 0.15) is 46.5 Å². The van der Waals surface area contributed by atoms with Gasteiger partial charge in [-0.3, -0.25) is 14.2 Å². The molecule has 1 unspecified atom stereocenters. The van der Waals surface area contributed by atoms with Crippen LogP contribution in [0.25, 0.3) is 16.7 Å². The van der Waals surface area contributed by atoms with Crippen LogP contribution in [-0.4, -0.2) is 37.8 Å². The third-order valence-corrected chi connectivity index (χ3v) is 6.54. The van der Waals surface area contributed by atoms with Gasteiger partial charge in [-0.05, 0) is 52.3 Å². The van der Waals surface area contributed by atoms with Gasteiger partial charge in [-0.15, -0.1) is 0 Å². The summed E-state index contributed by atoms with van der Waals surface area (Å²) in [4.78, 5) is 43.1. The minimum absolute atomic E-state index is 0.246. The molecule has 0 bridgehead atoms. The molecule has 10 heteroatoms. The number of amides is 1. The zero-order chi connectivity index (χ0) is 24.6. The molecule has 0 aliphatic rings. The lowest BCUT2D eigenvalue weighted by Crippen LogP contribution is -2.32. The van der Waals surface area contributed by atoms with Crippen molar-refractivity contribution in [3.8, 4) is 5.69 Å². The number of rotatable bonds is 6. The molecule has 1 atom stereocenters. The lowest BCUT2D eigenvalue weighted by Gasteiger charge is -2.18. The maximum absolute atomic E-state index is 13.2. The predicted octanol–water partition coefficient (Wildman–Crippen LogP) is 3.95. The minimum atomic E-state index is -0.871. The van der Waals surface area contributed by atoms with Crippen LogP contribution >= 0.6 is 11.3 Å². The average Bonchev–Trinajstić information content (AvgIpc) is 3.34. The molecular formula is C24H25N5O4S. The number of fused-ring (bicyclic) bond motifs is 1. The predicted molar refractivity (Wildman–Crippen MR) is 131 cm³/mol. The highest BCUT2D eigenvalue weighted by Crippen LogP contribution is 2.27. The SMILES string of the molecule is CCOC(=O)c1sc(NC(=O)C(C)n2c(=O)cc(C)c3c(C)nn(-c4ccccc4)c32)nc1C. The number of aromatic nitrogens is 4. The number of anilines is 1. The van der Waals surface area contributed by atoms with Crippen molar-refractivity contribution in [1.29, 1.82) is 0 Å². The highest BCUT2D eigenvalue weighted by Gasteiger charge is 2.25. The summed E-state index contributed by atoms with van der Waals surface area (Å²) in [6.07, 6.45) is 0. The number of para-hydroxylation sites is 1. The Morgan fingerprint density at radius 1 is 1.15 bits per heavy atom. The first-order valence-electron chi connectivity index (χ1n) is 10.8. The van der Waals surface area contributed by atoms with E-state index in [0.717, 1.165) is 33.7 Å². The van der Waals surface area contributed by atoms with E-state index in [4.69, 9.17) is 4.74 Å². The fraction of sp³-hybridized carbons (Fsp3) is 0.292. The van der Waals surface area contributed by atoms with E-state index in [9.17, 15) is 14.4 Å². The number of pyridine rings is 1. The second-order valence-corrected chi connectivity index (χ2v) is 8.89. The Morgan fingerprint density at radius 3 is 2.53 bits per heavy atom. The number of hydrogen-bond acceptors (Lipinski definition) is 7. The van der Waals surface area contributed by atoms with Gasteiger partial charge in [0.25, 0.3) is 5.56 Å². The van der Waals surface area contributed by atoms with E-state index < -0.39 is 17.9 Å². The molecule has 0 saturated heterocycles. The Balaban J connectivity index is 1.77. The summed E-state index contributed by atoms with van der Waals surface area (Å²) in [5, 5.41) is 8.49. The van der Waals surface area contributed by atoms with Crippen molar-refractivity contribution in [3.63, 3.8) is 0 Å². The Hall–Kier alpha value is -3.79. The van der Waals surface area contributed by atoms with Crippen molar-refractivity contribution in [1.82, 2.24) is 19.3 Å². The first-order chi connectivity index (χ1) is 16.2. The van der Waals surface area contributed by atoms with Gasteiger partial charge in [0.1, 0.15) is 16.6 Å². The Labute approximate surface area is 200 Å². The molecule has 1 amide bonds. The number of thiazole rings is 1. The maximum atomic E-state index is 13.2. The molecule has 0 radical (unpaired) electrons. The van der Waals surface area contributed by atoms with Crippen molar-refractivity contribution in [2.75, 3.05) is 11.9 Å². The topological polar surface area (TPSA) is 108 Å². The quantitative estimate of drug-likeness (QED) is 0.420. The van der Waals surface area contributed by atoms with Gasteiger partial charge in [0.15, 0.2) is 5.13 Å². The number of esters is 1. The molecule has 0 aliphatic heterocycles. The third-order valence-electron chi connectivity index (χ3n) is 5.49. The molecule has 9 nitrogen and oxygen atoms in total. The summed E-state index contributed by atoms with van der Waals surface area (Å²) in [7, 11) is 0. The van der Waals surface area contributed by atoms with Gasteiger partial charge in [0.2, 0.25) is 5.91 Å². The molecule has 4 aromatic rings. The molecule has 0 aliphatic carbocycles. The number of aryl methyl sites for hydroxylation is 3. The van der Waals surface area contributed by atoms with Crippen LogP contribution in [0, 0.1) is 20.8 Å². The number of nitrogens with zero attached hydrogens (tertiary/aromatic N) is 4. The van der Waals surface area contributed by atoms with Gasteiger partial charge in [-0.1, -0.05) is 29.5 Å². The van der Waals surface area contributed by atoms with E-state index in [1.165, 1.54) is 10.6 Å². The first-order valence-corrected chi connectivity index (χ1v) is 11.7. The maximum Gasteiger partial charge on any atom is 0.350 e. The van der Waals surface area contributed by atoms with Crippen LogP contribution in [0.2, 0.25) is 0 Å². The van der Waals surface area contributed by atoms with Crippen molar-refractivity contribution in [2.24, 2.45) is 0 Å². The fourth-order valence-corrected chi connectivity index (χ4v) is 4.78. The summed E-state index contributed by atoms with van der Waals surface area (Å²) in [6.45, 7) is 9.03. The third kappa shape index (κ3) is 4.12. The molecule has 0 fully saturated rings. The van der Waals surface area contributed by atoms with Crippen LogP contribution in [0.4, 0.5) is 5.13 Å². The normalized spacial score (nSPS) is 12.0. The number of hydrogen-bond donors (Lipinski definition) is 1. The van der Waals surface area contributed by atoms with Gasteiger partial charge < -0.3 is 10.1 Å². The second kappa shape index (κ2) is 9.22. The number of nitrogens with one attached hydrogen (secondary N) is 1. The van der Waals surface area contributed by atoms with Crippen LogP contribution < -0.4 is 10.9 Å². The number of benzene rings is 1. The lowest BCUT2D eigenvalue weighted by atomic mass is 10.1. The molecule has 3 heterocycles. The second-order valence-electron chi connectivity index (χ2n) is 7.89. The largest absolute Gasteiger partial charge is 0.462 e. The van der Waals surface area contributed by atoms with Crippen LogP contribution in [0.3, 0.4) is 0 Å². The highest BCUT2D eigenvalue weighted by atomic mass is 32.1. The zero-order valence-electron chi connectivity index (χ0n) is 19.6. The molecule has 4 rings (SSSR count). The lowest BCUT2D eigenvalue weighted by molar-refractivity contribution is -0.118. The number of ether oxygens (including phenoxy) is 1. The molecule has 0 saturated carbocycles. The minimum Gasteiger partial charge on any atom is -0.462 e. The molecular weight excluding hydrogens is 454 g/mol. The first kappa shape index (κ1) is 23.4. The van der Waals surface area contributed by atoms with Crippen molar-refractivity contribution in [2.45, 2.75) is 40.7 Å². The fourth-order valence-electron chi connectivity index (χ4n) is 3.92. The summed E-state index contributed by atoms with van der Waals surface area (Å²) in [5.41, 5.74) is 3.03. The van der Waals surface area contributed by atoms with Gasteiger partial charge in [-0.2, -0.15) is 5.10 Å². The van der Waals surface area contributed by atoms with Crippen molar-refractivity contribution >= 4 is 39.4 Å². The van der Waals surface area contributed by atoms with Gasteiger partial charge in [-0.25, -0.2) is 14.5 Å². The van der Waals surface area contributed by atoms with E-state index in [2.05, 4.69) is 15.4 Å². The van der Waals surface area contributed by atoms with E-state index in [-0.39, 0.29) is 17.3 Å². The standard InChI is InChI=1S/C24H25N5O4S/c1-6-33-23(32)20-15(4)25-24(34-20)26-21(31)16(5)28-18(30)12-13(2)19-14(3)27-29(22(19)28)17-10-8-7-9-11-17/h7-12,16H,6H2,1-5H3,(H,25,26,31). The Bertz CT molecular complexity index is 1450. The van der Waals surface area contributed by atoms with Gasteiger partial charge in [0.05, 0.1) is 23.7 Å². The van der Waals surface area contributed by atoms with E-state index in [0.29, 0.717) is 16.2 Å². The summed E-state index contributed by atoms with van der Waals surface area (Å²) < 4.78 is 8.17. The Morgan fingerprint density at radius 2 is 1.85 bits per heavy atom. The summed E-state index contributed by atoms with van der Waals surface area (Å²) >= 11 is 1.04. The van der Waals surface area contributed by atoms with Crippen molar-refractivity contribution in [3.05, 3.63) is 68.6 Å². The zero-order valence-corrected chi connectivity index (χ0v) is 20.4. The highest BCUT2D eigenvalue weighted by molar-refractivity contribution is 7.17. The van der Waals surface area contributed by atoms with E-state index >= 15 is 0 Å². The summed E-state index contributed by atoms with van der Waals surface area (Å²) in [6, 6.07) is 10.1. The molecule has 176 valence electrons. The Kier molecular flexibility index (Phi) is 6.34. The molecule has 34 heavy (non-hydrogen) atoms. The van der Waals surface area contributed by atoms with Gasteiger partial charge >= 0.3 is 5.97 Å².